The molecule has 0 aromatic heterocycles. The second kappa shape index (κ2) is 4.97. The van der Waals surface area contributed by atoms with Gasteiger partial charge in [0, 0.05) is 15.5 Å². The van der Waals surface area contributed by atoms with Gasteiger partial charge in [-0.15, -0.1) is 18.3 Å². The van der Waals surface area contributed by atoms with E-state index in [1.54, 1.807) is 0 Å². The van der Waals surface area contributed by atoms with Gasteiger partial charge in [0.15, 0.2) is 0 Å². The van der Waals surface area contributed by atoms with Gasteiger partial charge in [0.1, 0.15) is 0 Å². The van der Waals surface area contributed by atoms with Crippen LogP contribution in [-0.2, 0) is 6.42 Å². The summed E-state index contributed by atoms with van der Waals surface area (Å²) in [6.45, 7) is 6.23. The number of rotatable bonds is 4. The van der Waals surface area contributed by atoms with Crippen LogP contribution in [-0.4, -0.2) is 10.6 Å². The summed E-state index contributed by atoms with van der Waals surface area (Å²) >= 11 is 5.62. The molecule has 2 atom stereocenters. The van der Waals surface area contributed by atoms with E-state index >= 15 is 0 Å². The summed E-state index contributed by atoms with van der Waals surface area (Å²) in [4.78, 5) is 1.47. The summed E-state index contributed by atoms with van der Waals surface area (Å²) in [6, 6.07) is 8.76. The Morgan fingerprint density at radius 3 is 2.94 bits per heavy atom. The third kappa shape index (κ3) is 2.54. The van der Waals surface area contributed by atoms with Gasteiger partial charge in [-0.05, 0) is 29.9 Å². The third-order valence-electron chi connectivity index (χ3n) is 3.21. The molecule has 16 heavy (non-hydrogen) atoms. The molecule has 0 fully saturated rings. The van der Waals surface area contributed by atoms with Gasteiger partial charge in [-0.1, -0.05) is 47.1 Å². The van der Waals surface area contributed by atoms with Crippen molar-refractivity contribution in [3.05, 3.63) is 42.5 Å². The van der Waals surface area contributed by atoms with E-state index < -0.39 is 0 Å². The number of allylic oxidation sites excluding steroid dienone is 1. The SMILES string of the molecule is C=CC(C)(CBr)CC1Cc2ccccc2S1. The second-order valence-corrected chi connectivity index (χ2v) is 6.65. The Labute approximate surface area is 111 Å². The monoisotopic (exact) mass is 296 g/mol. The van der Waals surface area contributed by atoms with Crippen molar-refractivity contribution in [1.29, 1.82) is 0 Å². The predicted octanol–water partition coefficient (Wildman–Crippen LogP) is 4.68. The van der Waals surface area contributed by atoms with Crippen molar-refractivity contribution in [1.82, 2.24) is 0 Å². The van der Waals surface area contributed by atoms with E-state index in [9.17, 15) is 0 Å². The zero-order valence-electron chi connectivity index (χ0n) is 9.58. The molecule has 2 heteroatoms. The summed E-state index contributed by atoms with van der Waals surface area (Å²) in [6.07, 6.45) is 4.49. The fourth-order valence-electron chi connectivity index (χ4n) is 2.08. The first-order chi connectivity index (χ1) is 7.67. The summed E-state index contributed by atoms with van der Waals surface area (Å²) in [5.74, 6) is 0. The van der Waals surface area contributed by atoms with Crippen LogP contribution in [0.25, 0.3) is 0 Å². The van der Waals surface area contributed by atoms with Crippen LogP contribution in [0.5, 0.6) is 0 Å². The molecule has 1 heterocycles. The number of alkyl halides is 1. The molecule has 1 aromatic carbocycles. The van der Waals surface area contributed by atoms with Crippen molar-refractivity contribution in [3.8, 4) is 0 Å². The maximum atomic E-state index is 3.96. The van der Waals surface area contributed by atoms with E-state index in [4.69, 9.17) is 0 Å². The van der Waals surface area contributed by atoms with Gasteiger partial charge >= 0.3 is 0 Å². The number of hydrogen-bond donors (Lipinski definition) is 0. The van der Waals surface area contributed by atoms with Crippen molar-refractivity contribution in [2.45, 2.75) is 29.9 Å². The molecular weight excluding hydrogens is 280 g/mol. The zero-order valence-corrected chi connectivity index (χ0v) is 12.0. The van der Waals surface area contributed by atoms with Crippen LogP contribution in [0.3, 0.4) is 0 Å². The summed E-state index contributed by atoms with van der Waals surface area (Å²) < 4.78 is 0. The molecular formula is C14H17BrS. The molecule has 0 saturated heterocycles. The van der Waals surface area contributed by atoms with Crippen molar-refractivity contribution in [3.63, 3.8) is 0 Å². The van der Waals surface area contributed by atoms with Crippen LogP contribution in [0.2, 0.25) is 0 Å². The van der Waals surface area contributed by atoms with E-state index in [0.717, 1.165) is 5.33 Å². The normalized spacial score (nSPS) is 22.5. The Balaban J connectivity index is 2.04. The maximum Gasteiger partial charge on any atom is 0.0144 e. The lowest BCUT2D eigenvalue weighted by Crippen LogP contribution is -2.21. The lowest BCUT2D eigenvalue weighted by molar-refractivity contribution is 0.444. The number of hydrogen-bond acceptors (Lipinski definition) is 1. The Hall–Kier alpha value is -0.210. The summed E-state index contributed by atoms with van der Waals surface area (Å²) in [5, 5.41) is 1.70. The van der Waals surface area contributed by atoms with Crippen LogP contribution in [0, 0.1) is 5.41 Å². The molecule has 1 aromatic rings. The van der Waals surface area contributed by atoms with Gasteiger partial charge in [-0.2, -0.15) is 0 Å². The molecule has 1 aliphatic rings. The van der Waals surface area contributed by atoms with Gasteiger partial charge in [0.25, 0.3) is 0 Å². The molecule has 0 saturated carbocycles. The zero-order chi connectivity index (χ0) is 11.6. The minimum Gasteiger partial charge on any atom is -0.122 e. The molecule has 86 valence electrons. The fraction of sp³-hybridized carbons (Fsp3) is 0.429. The van der Waals surface area contributed by atoms with E-state index in [2.05, 4.69) is 59.8 Å². The highest BCUT2D eigenvalue weighted by Gasteiger charge is 2.29. The molecule has 0 spiro atoms. The van der Waals surface area contributed by atoms with Crippen LogP contribution < -0.4 is 0 Å². The average Bonchev–Trinajstić information content (AvgIpc) is 2.70. The maximum absolute atomic E-state index is 3.96. The van der Waals surface area contributed by atoms with Crippen molar-refractivity contribution in [2.75, 3.05) is 5.33 Å². The molecule has 0 amide bonds. The Morgan fingerprint density at radius 2 is 2.31 bits per heavy atom. The Kier molecular flexibility index (Phi) is 3.81. The Bertz CT molecular complexity index is 363. The van der Waals surface area contributed by atoms with Crippen molar-refractivity contribution >= 4 is 27.7 Å². The van der Waals surface area contributed by atoms with Crippen LogP contribution in [0.4, 0.5) is 0 Å². The van der Waals surface area contributed by atoms with Gasteiger partial charge in [0.05, 0.1) is 0 Å². The molecule has 2 unspecified atom stereocenters. The van der Waals surface area contributed by atoms with E-state index in [0.29, 0.717) is 5.25 Å². The number of fused-ring (bicyclic) bond motifs is 1. The lowest BCUT2D eigenvalue weighted by Gasteiger charge is -2.26. The minimum atomic E-state index is 0.222. The number of thioether (sulfide) groups is 1. The second-order valence-electron chi connectivity index (χ2n) is 4.75. The van der Waals surface area contributed by atoms with Crippen LogP contribution >= 0.6 is 27.7 Å². The molecule has 1 aliphatic heterocycles. The van der Waals surface area contributed by atoms with E-state index in [1.165, 1.54) is 23.3 Å². The number of halogens is 1. The Morgan fingerprint density at radius 1 is 1.56 bits per heavy atom. The number of benzene rings is 1. The molecule has 0 bridgehead atoms. The van der Waals surface area contributed by atoms with Gasteiger partial charge in [0.2, 0.25) is 0 Å². The third-order valence-corrected chi connectivity index (χ3v) is 5.81. The predicted molar refractivity (Wildman–Crippen MR) is 76.5 cm³/mol. The van der Waals surface area contributed by atoms with Gasteiger partial charge in [-0.3, -0.25) is 0 Å². The summed E-state index contributed by atoms with van der Waals surface area (Å²) in [5.41, 5.74) is 1.73. The van der Waals surface area contributed by atoms with E-state index in [1.807, 2.05) is 11.8 Å². The first-order valence-electron chi connectivity index (χ1n) is 5.61. The molecule has 2 rings (SSSR count). The van der Waals surface area contributed by atoms with Crippen molar-refractivity contribution < 1.29 is 0 Å². The first kappa shape index (κ1) is 12.3. The van der Waals surface area contributed by atoms with Crippen LogP contribution in [0.1, 0.15) is 18.9 Å². The van der Waals surface area contributed by atoms with Gasteiger partial charge < -0.3 is 0 Å². The smallest absolute Gasteiger partial charge is 0.0144 e. The van der Waals surface area contributed by atoms with Crippen LogP contribution in [0.15, 0.2) is 41.8 Å². The minimum absolute atomic E-state index is 0.222. The molecule has 0 nitrogen and oxygen atoms in total. The first-order valence-corrected chi connectivity index (χ1v) is 7.61. The molecule has 0 radical (unpaired) electrons. The van der Waals surface area contributed by atoms with E-state index in [-0.39, 0.29) is 5.41 Å². The van der Waals surface area contributed by atoms with Gasteiger partial charge in [-0.25, -0.2) is 0 Å². The standard InChI is InChI=1S/C14H17BrS/c1-3-14(2,10-15)9-12-8-11-6-4-5-7-13(11)16-12/h3-7,12H,1,8-10H2,2H3. The van der Waals surface area contributed by atoms with Crippen molar-refractivity contribution in [2.24, 2.45) is 5.41 Å². The highest BCUT2D eigenvalue weighted by atomic mass is 79.9. The molecule has 0 N–H and O–H groups in total. The topological polar surface area (TPSA) is 0 Å². The summed E-state index contributed by atoms with van der Waals surface area (Å²) in [7, 11) is 0. The highest BCUT2D eigenvalue weighted by Crippen LogP contribution is 2.42. The average molecular weight is 297 g/mol. The quantitative estimate of drug-likeness (QED) is 0.574. The largest absolute Gasteiger partial charge is 0.122 e. The highest BCUT2D eigenvalue weighted by molar-refractivity contribution is 9.09. The lowest BCUT2D eigenvalue weighted by atomic mass is 9.86. The molecule has 0 aliphatic carbocycles. The fourth-order valence-corrected chi connectivity index (χ4v) is 4.08.